The van der Waals surface area contributed by atoms with E-state index in [-0.39, 0.29) is 53.7 Å². The number of rotatable bonds is 8. The van der Waals surface area contributed by atoms with E-state index < -0.39 is 5.60 Å². The molecule has 5 aliphatic rings. The molecule has 418 valence electrons. The minimum Gasteiger partial charge on any atom is -0.850 e. The van der Waals surface area contributed by atoms with Gasteiger partial charge in [0.15, 0.2) is 0 Å². The summed E-state index contributed by atoms with van der Waals surface area (Å²) in [6.07, 6.45) is 26.3. The third-order valence-corrected chi connectivity index (χ3v) is 13.9. The van der Waals surface area contributed by atoms with Crippen LogP contribution in [0.25, 0.3) is 0 Å². The van der Waals surface area contributed by atoms with E-state index in [1.807, 2.05) is 50.6 Å². The van der Waals surface area contributed by atoms with E-state index in [4.69, 9.17) is 36.7 Å². The number of ether oxygens (including phenoxy) is 3. The van der Waals surface area contributed by atoms with Crippen molar-refractivity contribution in [1.82, 2.24) is 24.9 Å². The molecular formula is C60H87ClFN8NaO6. The third kappa shape index (κ3) is 27.2. The maximum Gasteiger partial charge on any atom is 1.00 e. The molecule has 5 aromatic rings. The van der Waals surface area contributed by atoms with Crippen molar-refractivity contribution in [1.29, 1.82) is 0 Å². The van der Waals surface area contributed by atoms with Gasteiger partial charge >= 0.3 is 29.6 Å². The minimum absolute atomic E-state index is 0. The van der Waals surface area contributed by atoms with E-state index in [1.165, 1.54) is 22.9 Å². The Morgan fingerprint density at radius 3 is 1.48 bits per heavy atom. The number of hydrogen-bond donors (Lipinski definition) is 5. The summed E-state index contributed by atoms with van der Waals surface area (Å²) in [4.78, 5) is 20.9. The van der Waals surface area contributed by atoms with Gasteiger partial charge < -0.3 is 45.9 Å². The number of aliphatic hydroxyl groups is 2. The van der Waals surface area contributed by atoms with Gasteiger partial charge in [-0.2, -0.15) is 0 Å². The van der Waals surface area contributed by atoms with E-state index in [2.05, 4.69) is 66.7 Å². The van der Waals surface area contributed by atoms with Crippen molar-refractivity contribution in [2.45, 2.75) is 198 Å². The van der Waals surface area contributed by atoms with Crippen LogP contribution in [0.15, 0.2) is 91.8 Å². The number of pyridine rings is 5. The molecule has 14 nitrogen and oxygen atoms in total. The Morgan fingerprint density at radius 1 is 0.597 bits per heavy atom. The van der Waals surface area contributed by atoms with E-state index in [1.54, 1.807) is 45.3 Å². The summed E-state index contributed by atoms with van der Waals surface area (Å²) in [6.45, 7) is 14.1. The molecular weight excluding hydrogens is 1010 g/mol. The SMILES string of the molecule is CC(C)(C)[O-].Cc1ccc(Cl)nc1.Cc1ccc(NC2CCC(O)CC2)nc1.Cc1ccc(NC2CCC(Oc3ncccc3C3CCOCC3)CC2)nc1.Fc1cnccc1C1CCOCC1.NC1CCC(O)CC1.[Na+]. The Bertz CT molecular complexity index is 2280. The zero-order valence-corrected chi connectivity index (χ0v) is 49.8. The zero-order valence-electron chi connectivity index (χ0n) is 47.0. The Morgan fingerprint density at radius 2 is 1.05 bits per heavy atom. The number of anilines is 2. The van der Waals surface area contributed by atoms with Crippen LogP contribution in [0.4, 0.5) is 16.0 Å². The van der Waals surface area contributed by atoms with Gasteiger partial charge in [-0.3, -0.25) is 4.98 Å². The summed E-state index contributed by atoms with van der Waals surface area (Å²) in [5.74, 6) is 3.39. The first-order chi connectivity index (χ1) is 36.5. The van der Waals surface area contributed by atoms with Crippen LogP contribution in [0.3, 0.4) is 0 Å². The number of aromatic nitrogens is 5. The summed E-state index contributed by atoms with van der Waals surface area (Å²) in [6, 6.07) is 19.2. The summed E-state index contributed by atoms with van der Waals surface area (Å²) in [5.41, 5.74) is 10.4. The molecule has 0 spiro atoms. The molecule has 5 fully saturated rings. The van der Waals surface area contributed by atoms with E-state index in [0.717, 1.165) is 158 Å². The van der Waals surface area contributed by atoms with Crippen LogP contribution >= 0.6 is 11.6 Å². The number of halogens is 2. The quantitative estimate of drug-likeness (QED) is 0.0735. The predicted octanol–water partition coefficient (Wildman–Crippen LogP) is 8.14. The summed E-state index contributed by atoms with van der Waals surface area (Å²) < 4.78 is 30.4. The molecule has 2 saturated heterocycles. The van der Waals surface area contributed by atoms with E-state index in [0.29, 0.717) is 35.1 Å². The van der Waals surface area contributed by atoms with Crippen molar-refractivity contribution in [2.75, 3.05) is 37.1 Å². The second kappa shape index (κ2) is 35.7. The fourth-order valence-electron chi connectivity index (χ4n) is 9.33. The van der Waals surface area contributed by atoms with Crippen LogP contribution in [0.2, 0.25) is 5.15 Å². The van der Waals surface area contributed by atoms with Gasteiger partial charge in [-0.15, -0.1) is 5.60 Å². The Kier molecular flexibility index (Phi) is 30.4. The summed E-state index contributed by atoms with van der Waals surface area (Å²) >= 11 is 5.50. The monoisotopic (exact) mass is 1090 g/mol. The molecule has 17 heteroatoms. The van der Waals surface area contributed by atoms with Crippen LogP contribution in [-0.4, -0.2) is 104 Å². The molecule has 6 N–H and O–H groups in total. The van der Waals surface area contributed by atoms with Crippen LogP contribution in [0.5, 0.6) is 5.88 Å². The number of nitrogens with two attached hydrogens (primary N) is 1. The summed E-state index contributed by atoms with van der Waals surface area (Å²) in [5, 5.41) is 36.0. The molecule has 0 radical (unpaired) electrons. The molecule has 77 heavy (non-hydrogen) atoms. The standard InChI is InChI=1S/C22H29N3O2.C12H18N2O.C10H12FNO.C6H6ClN.C6H13NO.C4H9O.Na/c1-16-4-9-21(24-15-16)25-18-5-7-19(8-6-18)27-22-20(3-2-12-23-22)17-10-13-26-14-11-17;1-9-2-7-12(13-8-9)14-10-3-5-11(15)6-4-10;11-10-7-12-4-1-9(10)8-2-5-13-6-3-8;1-5-2-3-6(7)8-4-5;7-5-1-3-6(8)4-2-5;1-4(2,3)5;/h2-4,9,12,15,17-19H,5-8,10-11,13-14H2,1H3,(H,24,25);2,7-8,10-11,15H,3-6H2,1H3,(H,13,14);1,4,7-8H,2-3,5-6H2;2-4H,1H3;5-6,8H,1-4,7H2;1-3H3;/q;;;;;-1;+1. The van der Waals surface area contributed by atoms with Gasteiger partial charge in [-0.1, -0.05) is 56.6 Å². The maximum absolute atomic E-state index is 13.3. The number of nitrogens with one attached hydrogen (secondary N) is 2. The largest absolute Gasteiger partial charge is 1.00 e. The Hall–Kier alpha value is -3.87. The average Bonchev–Trinajstić information content (AvgIpc) is 3.42. The van der Waals surface area contributed by atoms with E-state index >= 15 is 0 Å². The third-order valence-electron chi connectivity index (χ3n) is 13.7. The Balaban J connectivity index is 0.000000218. The number of hydrogen-bond acceptors (Lipinski definition) is 14. The van der Waals surface area contributed by atoms with Gasteiger partial charge in [-0.05, 0) is 188 Å². The second-order valence-corrected chi connectivity index (χ2v) is 22.1. The second-order valence-electron chi connectivity index (χ2n) is 21.7. The van der Waals surface area contributed by atoms with Crippen LogP contribution in [0.1, 0.15) is 163 Å². The molecule has 0 aromatic carbocycles. The van der Waals surface area contributed by atoms with Crippen LogP contribution in [-0.2, 0) is 9.47 Å². The average molecular weight is 1090 g/mol. The van der Waals surface area contributed by atoms with Crippen molar-refractivity contribution >= 4 is 23.2 Å². The van der Waals surface area contributed by atoms with Crippen LogP contribution in [0, 0.1) is 26.6 Å². The van der Waals surface area contributed by atoms with Crippen molar-refractivity contribution < 1.29 is 63.5 Å². The van der Waals surface area contributed by atoms with Crippen molar-refractivity contribution in [3.63, 3.8) is 0 Å². The Labute approximate surface area is 486 Å². The first-order valence-electron chi connectivity index (χ1n) is 27.6. The molecule has 10 rings (SSSR count). The first kappa shape index (κ1) is 65.6. The fraction of sp³-hybridized carbons (Fsp3) is 0.583. The van der Waals surface area contributed by atoms with Gasteiger partial charge in [0.25, 0.3) is 0 Å². The number of nitrogens with zero attached hydrogens (tertiary/aromatic N) is 5. The van der Waals surface area contributed by atoms with Gasteiger partial charge in [0, 0.05) is 81.1 Å². The predicted molar refractivity (Wildman–Crippen MR) is 300 cm³/mol. The molecule has 3 aliphatic carbocycles. The molecule has 3 saturated carbocycles. The summed E-state index contributed by atoms with van der Waals surface area (Å²) in [7, 11) is 0. The van der Waals surface area contributed by atoms with Crippen molar-refractivity contribution in [3.05, 3.63) is 131 Å². The van der Waals surface area contributed by atoms with E-state index in [9.17, 15) is 14.6 Å². The van der Waals surface area contributed by atoms with Crippen molar-refractivity contribution in [3.8, 4) is 5.88 Å². The molecule has 0 amide bonds. The fourth-order valence-corrected chi connectivity index (χ4v) is 9.44. The van der Waals surface area contributed by atoms with Crippen molar-refractivity contribution in [2.24, 2.45) is 5.73 Å². The molecule has 0 unspecified atom stereocenters. The molecule has 5 aromatic heterocycles. The van der Waals surface area contributed by atoms with Gasteiger partial charge in [0.05, 0.1) is 18.4 Å². The number of aryl methyl sites for hydroxylation is 3. The first-order valence-corrected chi connectivity index (χ1v) is 28.0. The molecule has 2 aliphatic heterocycles. The molecule has 0 bridgehead atoms. The normalized spacial score (nSPS) is 22.5. The molecule has 0 atom stereocenters. The minimum atomic E-state index is -0.750. The van der Waals surface area contributed by atoms with Crippen LogP contribution < -0.4 is 55.8 Å². The maximum atomic E-state index is 13.3. The van der Waals surface area contributed by atoms with Gasteiger partial charge in [0.1, 0.15) is 28.7 Å². The van der Waals surface area contributed by atoms with Gasteiger partial charge in [-0.25, -0.2) is 24.3 Å². The number of aliphatic hydroxyl groups excluding tert-OH is 2. The smallest absolute Gasteiger partial charge is 0.850 e. The van der Waals surface area contributed by atoms with Gasteiger partial charge in [0.2, 0.25) is 5.88 Å². The zero-order chi connectivity index (χ0) is 54.7. The topological polar surface area (TPSA) is 206 Å². The molecule has 7 heterocycles.